The number of rotatable bonds is 3. The lowest BCUT2D eigenvalue weighted by Crippen LogP contribution is -2.05. The Morgan fingerprint density at radius 1 is 1.33 bits per heavy atom. The molecule has 1 aromatic carbocycles. The second kappa shape index (κ2) is 5.27. The lowest BCUT2D eigenvalue weighted by molar-refractivity contribution is 0.0599. The van der Waals surface area contributed by atoms with Gasteiger partial charge in [-0.15, -0.1) is 0 Å². The van der Waals surface area contributed by atoms with Crippen LogP contribution >= 0.6 is 11.6 Å². The smallest absolute Gasteiger partial charge is 0.339 e. The van der Waals surface area contributed by atoms with Crippen molar-refractivity contribution in [2.24, 2.45) is 0 Å². The van der Waals surface area contributed by atoms with E-state index in [2.05, 4.69) is 4.98 Å². The number of esters is 1. The molecule has 1 aromatic heterocycles. The van der Waals surface area contributed by atoms with Gasteiger partial charge in [0.1, 0.15) is 0 Å². The molecule has 0 spiro atoms. The first-order valence-corrected chi connectivity index (χ1v) is 5.99. The number of benzene rings is 1. The molecule has 0 aliphatic heterocycles. The first kappa shape index (κ1) is 12.7. The summed E-state index contributed by atoms with van der Waals surface area (Å²) < 4.78 is 4.79. The molecule has 0 unspecified atom stereocenters. The van der Waals surface area contributed by atoms with E-state index < -0.39 is 0 Å². The van der Waals surface area contributed by atoms with E-state index in [0.29, 0.717) is 17.0 Å². The fraction of sp³-hybridized carbons (Fsp3) is 0.214. The zero-order valence-corrected chi connectivity index (χ0v) is 11.0. The average Bonchev–Trinajstić information content (AvgIpc) is 2.72. The number of carbonyl (C=O) groups is 1. The Morgan fingerprint density at radius 2 is 2.00 bits per heavy atom. The summed E-state index contributed by atoms with van der Waals surface area (Å²) in [7, 11) is 1.39. The summed E-state index contributed by atoms with van der Waals surface area (Å²) >= 11 is 5.84. The quantitative estimate of drug-likeness (QED) is 0.863. The number of hydrogen-bond donors (Lipinski definition) is 1. The van der Waals surface area contributed by atoms with Gasteiger partial charge in [0, 0.05) is 16.9 Å². The lowest BCUT2D eigenvalue weighted by Gasteiger charge is -2.04. The molecular weight excluding hydrogens is 250 g/mol. The van der Waals surface area contributed by atoms with Gasteiger partial charge in [0.2, 0.25) is 0 Å². The zero-order chi connectivity index (χ0) is 13.1. The predicted molar refractivity (Wildman–Crippen MR) is 71.1 cm³/mol. The Bertz CT molecular complexity index is 558. The summed E-state index contributed by atoms with van der Waals surface area (Å²) in [5.41, 5.74) is 3.48. The van der Waals surface area contributed by atoms with E-state index in [1.807, 2.05) is 37.4 Å². The van der Waals surface area contributed by atoms with Crippen LogP contribution in [0.4, 0.5) is 0 Å². The van der Waals surface area contributed by atoms with E-state index in [4.69, 9.17) is 16.3 Å². The van der Waals surface area contributed by atoms with Gasteiger partial charge in [-0.1, -0.05) is 23.7 Å². The van der Waals surface area contributed by atoms with Crippen molar-refractivity contribution in [3.05, 3.63) is 57.9 Å². The van der Waals surface area contributed by atoms with E-state index in [9.17, 15) is 4.79 Å². The third-order valence-corrected chi connectivity index (χ3v) is 3.11. The van der Waals surface area contributed by atoms with E-state index in [0.717, 1.165) is 16.8 Å². The van der Waals surface area contributed by atoms with Gasteiger partial charge in [0.15, 0.2) is 0 Å². The first-order chi connectivity index (χ1) is 8.61. The number of hydrogen-bond acceptors (Lipinski definition) is 2. The maximum absolute atomic E-state index is 11.7. The van der Waals surface area contributed by atoms with Crippen molar-refractivity contribution in [2.75, 3.05) is 7.11 Å². The highest BCUT2D eigenvalue weighted by Gasteiger charge is 2.16. The molecule has 0 aliphatic carbocycles. The van der Waals surface area contributed by atoms with Crippen molar-refractivity contribution in [3.8, 4) is 0 Å². The van der Waals surface area contributed by atoms with Crippen LogP contribution in [-0.2, 0) is 11.2 Å². The number of methoxy groups -OCH3 is 1. The summed E-state index contributed by atoms with van der Waals surface area (Å²) in [4.78, 5) is 14.8. The number of nitrogens with one attached hydrogen (secondary N) is 1. The van der Waals surface area contributed by atoms with Gasteiger partial charge in [-0.2, -0.15) is 0 Å². The summed E-state index contributed by atoms with van der Waals surface area (Å²) in [6.45, 7) is 1.86. The average molecular weight is 264 g/mol. The van der Waals surface area contributed by atoms with Crippen molar-refractivity contribution >= 4 is 17.6 Å². The fourth-order valence-corrected chi connectivity index (χ4v) is 2.05. The molecule has 0 fully saturated rings. The molecule has 0 bridgehead atoms. The molecule has 94 valence electrons. The maximum atomic E-state index is 11.7. The number of aromatic nitrogens is 1. The summed E-state index contributed by atoms with van der Waals surface area (Å²) in [6, 6.07) is 7.58. The van der Waals surface area contributed by atoms with Crippen molar-refractivity contribution in [1.82, 2.24) is 4.98 Å². The highest BCUT2D eigenvalue weighted by Crippen LogP contribution is 2.19. The van der Waals surface area contributed by atoms with Crippen LogP contribution in [0.25, 0.3) is 0 Å². The third kappa shape index (κ3) is 2.57. The third-order valence-electron chi connectivity index (χ3n) is 2.86. The number of H-pyrrole nitrogens is 1. The van der Waals surface area contributed by atoms with E-state index >= 15 is 0 Å². The Hall–Kier alpha value is -1.74. The van der Waals surface area contributed by atoms with Crippen molar-refractivity contribution in [1.29, 1.82) is 0 Å². The van der Waals surface area contributed by atoms with Gasteiger partial charge in [-0.25, -0.2) is 4.79 Å². The molecule has 3 nitrogen and oxygen atoms in total. The molecular formula is C14H14ClNO2. The molecule has 2 aromatic rings. The topological polar surface area (TPSA) is 42.1 Å². The number of ether oxygens (including phenoxy) is 1. The SMILES string of the molecule is COC(=O)c1c(Cc2ccc(Cl)cc2)c[nH]c1C. The van der Waals surface area contributed by atoms with E-state index in [1.54, 1.807) is 0 Å². The number of aromatic amines is 1. The lowest BCUT2D eigenvalue weighted by atomic mass is 10.0. The van der Waals surface area contributed by atoms with Gasteiger partial charge >= 0.3 is 5.97 Å². The Kier molecular flexibility index (Phi) is 3.72. The molecule has 18 heavy (non-hydrogen) atoms. The summed E-state index contributed by atoms with van der Waals surface area (Å²) in [5.74, 6) is -0.308. The summed E-state index contributed by atoms with van der Waals surface area (Å²) in [6.07, 6.45) is 2.52. The number of halogens is 1. The van der Waals surface area contributed by atoms with Crippen LogP contribution in [0, 0.1) is 6.92 Å². The van der Waals surface area contributed by atoms with Crippen LogP contribution in [0.3, 0.4) is 0 Å². The Labute approximate surface area is 111 Å². The standard InChI is InChI=1S/C14H14ClNO2/c1-9-13(14(17)18-2)11(8-16-9)7-10-3-5-12(15)6-4-10/h3-6,8,16H,7H2,1-2H3. The van der Waals surface area contributed by atoms with Crippen LogP contribution in [-0.4, -0.2) is 18.1 Å². The van der Waals surface area contributed by atoms with Crippen LogP contribution < -0.4 is 0 Å². The van der Waals surface area contributed by atoms with Gasteiger partial charge in [-0.05, 0) is 36.6 Å². The van der Waals surface area contributed by atoms with E-state index in [-0.39, 0.29) is 5.97 Å². The van der Waals surface area contributed by atoms with Gasteiger partial charge in [0.25, 0.3) is 0 Å². The molecule has 4 heteroatoms. The highest BCUT2D eigenvalue weighted by atomic mass is 35.5. The van der Waals surface area contributed by atoms with Crippen molar-refractivity contribution in [3.63, 3.8) is 0 Å². The largest absolute Gasteiger partial charge is 0.465 e. The predicted octanol–water partition coefficient (Wildman–Crippen LogP) is 3.35. The van der Waals surface area contributed by atoms with Gasteiger partial charge in [0.05, 0.1) is 12.7 Å². The second-order valence-electron chi connectivity index (χ2n) is 4.11. The Balaban J connectivity index is 2.29. The highest BCUT2D eigenvalue weighted by molar-refractivity contribution is 6.30. The monoisotopic (exact) mass is 263 g/mol. The normalized spacial score (nSPS) is 10.4. The van der Waals surface area contributed by atoms with Crippen molar-refractivity contribution in [2.45, 2.75) is 13.3 Å². The minimum atomic E-state index is -0.308. The van der Waals surface area contributed by atoms with Crippen LogP contribution in [0.5, 0.6) is 0 Å². The fourth-order valence-electron chi connectivity index (χ4n) is 1.93. The molecule has 0 radical (unpaired) electrons. The second-order valence-corrected chi connectivity index (χ2v) is 4.55. The number of carbonyl (C=O) groups excluding carboxylic acids is 1. The van der Waals surface area contributed by atoms with Crippen molar-refractivity contribution < 1.29 is 9.53 Å². The molecule has 0 saturated carbocycles. The van der Waals surface area contributed by atoms with Gasteiger partial charge < -0.3 is 9.72 Å². The molecule has 1 heterocycles. The molecule has 0 aliphatic rings. The van der Waals surface area contributed by atoms with Gasteiger partial charge in [-0.3, -0.25) is 0 Å². The minimum Gasteiger partial charge on any atom is -0.465 e. The molecule has 1 N–H and O–H groups in total. The van der Waals surface area contributed by atoms with Crippen LogP contribution in [0.2, 0.25) is 5.02 Å². The Morgan fingerprint density at radius 3 is 2.61 bits per heavy atom. The molecule has 2 rings (SSSR count). The first-order valence-electron chi connectivity index (χ1n) is 5.61. The molecule has 0 amide bonds. The minimum absolute atomic E-state index is 0.308. The summed E-state index contributed by atoms with van der Waals surface area (Å²) in [5, 5.41) is 0.706. The van der Waals surface area contributed by atoms with E-state index in [1.165, 1.54) is 7.11 Å². The van der Waals surface area contributed by atoms with Crippen LogP contribution in [0.15, 0.2) is 30.5 Å². The molecule has 0 atom stereocenters. The number of aryl methyl sites for hydroxylation is 1. The maximum Gasteiger partial charge on any atom is 0.339 e. The zero-order valence-electron chi connectivity index (χ0n) is 10.3. The molecule has 0 saturated heterocycles. The van der Waals surface area contributed by atoms with Crippen LogP contribution in [0.1, 0.15) is 27.2 Å².